The van der Waals surface area contributed by atoms with Crippen LogP contribution in [-0.4, -0.2) is 42.1 Å². The topological polar surface area (TPSA) is 45.4 Å². The van der Waals surface area contributed by atoms with Crippen LogP contribution in [0.2, 0.25) is 0 Å². The van der Waals surface area contributed by atoms with E-state index in [0.717, 1.165) is 30.5 Å². The second kappa shape index (κ2) is 5.47. The van der Waals surface area contributed by atoms with Gasteiger partial charge in [0.05, 0.1) is 0 Å². The average molecular weight is 260 g/mol. The zero-order chi connectivity index (χ0) is 13.2. The Bertz CT molecular complexity index is 415. The Balaban J connectivity index is 1.69. The molecule has 2 saturated heterocycles. The van der Waals surface area contributed by atoms with Crippen LogP contribution >= 0.6 is 0 Å². The molecule has 0 radical (unpaired) electrons. The Kier molecular flexibility index (Phi) is 3.71. The van der Waals surface area contributed by atoms with E-state index in [4.69, 9.17) is 5.73 Å². The van der Waals surface area contributed by atoms with Crippen molar-refractivity contribution < 1.29 is 0 Å². The summed E-state index contributed by atoms with van der Waals surface area (Å²) in [7, 11) is 0. The average Bonchev–Trinajstić information content (AvgIpc) is 2.47. The zero-order valence-corrected chi connectivity index (χ0v) is 11.8. The second-order valence-electron chi connectivity index (χ2n) is 5.87. The van der Waals surface area contributed by atoms with E-state index < -0.39 is 0 Å². The van der Waals surface area contributed by atoms with Gasteiger partial charge in [-0.05, 0) is 37.9 Å². The fourth-order valence-corrected chi connectivity index (χ4v) is 3.22. The van der Waals surface area contributed by atoms with E-state index in [0.29, 0.717) is 0 Å². The molecule has 0 aromatic carbocycles. The Hall–Kier alpha value is -1.13. The summed E-state index contributed by atoms with van der Waals surface area (Å²) < 4.78 is 0. The summed E-state index contributed by atoms with van der Waals surface area (Å²) in [6.45, 7) is 6.69. The number of hydrogen-bond donors (Lipinski definition) is 1. The van der Waals surface area contributed by atoms with Crippen molar-refractivity contribution in [1.82, 2.24) is 9.88 Å². The van der Waals surface area contributed by atoms with Crippen LogP contribution in [0.1, 0.15) is 37.8 Å². The van der Waals surface area contributed by atoms with Gasteiger partial charge in [0.25, 0.3) is 0 Å². The van der Waals surface area contributed by atoms with E-state index in [-0.39, 0.29) is 6.04 Å². The molecule has 1 unspecified atom stereocenters. The third kappa shape index (κ3) is 2.74. The number of pyridine rings is 1. The van der Waals surface area contributed by atoms with Gasteiger partial charge in [-0.2, -0.15) is 0 Å². The largest absolute Gasteiger partial charge is 0.354 e. The van der Waals surface area contributed by atoms with E-state index in [1.165, 1.54) is 32.4 Å². The molecule has 19 heavy (non-hydrogen) atoms. The van der Waals surface area contributed by atoms with Crippen LogP contribution in [0.5, 0.6) is 0 Å². The maximum absolute atomic E-state index is 5.87. The number of piperidine rings is 1. The fourth-order valence-electron chi connectivity index (χ4n) is 3.22. The molecule has 3 rings (SSSR count). The third-order valence-electron chi connectivity index (χ3n) is 4.46. The molecule has 2 aliphatic rings. The molecule has 2 N–H and O–H groups in total. The lowest BCUT2D eigenvalue weighted by Gasteiger charge is -2.44. The van der Waals surface area contributed by atoms with Gasteiger partial charge in [-0.15, -0.1) is 0 Å². The van der Waals surface area contributed by atoms with Gasteiger partial charge in [0.15, 0.2) is 0 Å². The lowest BCUT2D eigenvalue weighted by atomic mass is 9.99. The number of hydrogen-bond acceptors (Lipinski definition) is 4. The van der Waals surface area contributed by atoms with Crippen molar-refractivity contribution in [2.75, 3.05) is 31.1 Å². The van der Waals surface area contributed by atoms with Gasteiger partial charge in [0, 0.05) is 37.9 Å². The molecular weight excluding hydrogens is 236 g/mol. The Morgan fingerprint density at radius 1 is 1.26 bits per heavy atom. The fraction of sp³-hybridized carbons (Fsp3) is 0.667. The Morgan fingerprint density at radius 2 is 2.16 bits per heavy atom. The summed E-state index contributed by atoms with van der Waals surface area (Å²) in [6.07, 6.45) is 6.02. The first kappa shape index (κ1) is 12.9. The first-order valence-electron chi connectivity index (χ1n) is 7.44. The highest BCUT2D eigenvalue weighted by Gasteiger charge is 2.29. The highest BCUT2D eigenvalue weighted by atomic mass is 15.3. The highest BCUT2D eigenvalue weighted by molar-refractivity contribution is 5.40. The van der Waals surface area contributed by atoms with Crippen molar-refractivity contribution in [3.05, 3.63) is 23.9 Å². The number of aromatic nitrogens is 1. The van der Waals surface area contributed by atoms with Gasteiger partial charge < -0.3 is 10.6 Å². The number of fused-ring (bicyclic) bond motifs is 1. The molecule has 4 heteroatoms. The van der Waals surface area contributed by atoms with Crippen molar-refractivity contribution >= 4 is 5.82 Å². The molecule has 4 nitrogen and oxygen atoms in total. The minimum Gasteiger partial charge on any atom is -0.354 e. The van der Waals surface area contributed by atoms with Crippen LogP contribution in [0, 0.1) is 0 Å². The molecule has 1 aromatic heterocycles. The van der Waals surface area contributed by atoms with Gasteiger partial charge in [0.2, 0.25) is 0 Å². The molecule has 1 aromatic rings. The maximum Gasteiger partial charge on any atom is 0.128 e. The van der Waals surface area contributed by atoms with Crippen LogP contribution in [0.3, 0.4) is 0 Å². The van der Waals surface area contributed by atoms with E-state index in [1.54, 1.807) is 0 Å². The van der Waals surface area contributed by atoms with Crippen molar-refractivity contribution in [3.8, 4) is 0 Å². The molecule has 0 saturated carbocycles. The Morgan fingerprint density at radius 3 is 2.89 bits per heavy atom. The molecule has 2 fully saturated rings. The summed E-state index contributed by atoms with van der Waals surface area (Å²) in [5, 5.41) is 0. The van der Waals surface area contributed by atoms with E-state index >= 15 is 0 Å². The molecule has 0 aliphatic carbocycles. The van der Waals surface area contributed by atoms with Gasteiger partial charge in [-0.3, -0.25) is 4.90 Å². The lowest BCUT2D eigenvalue weighted by molar-refractivity contribution is 0.133. The predicted molar refractivity (Wildman–Crippen MR) is 78.3 cm³/mol. The van der Waals surface area contributed by atoms with Crippen LogP contribution in [0.4, 0.5) is 5.82 Å². The summed E-state index contributed by atoms with van der Waals surface area (Å²) in [4.78, 5) is 9.67. The molecule has 3 heterocycles. The molecule has 104 valence electrons. The Labute approximate surface area is 115 Å². The molecule has 0 amide bonds. The molecule has 2 atom stereocenters. The number of nitrogens with zero attached hydrogens (tertiary/aromatic N) is 3. The van der Waals surface area contributed by atoms with Gasteiger partial charge in [0.1, 0.15) is 5.82 Å². The monoisotopic (exact) mass is 260 g/mol. The van der Waals surface area contributed by atoms with Gasteiger partial charge >= 0.3 is 0 Å². The molecule has 0 bridgehead atoms. The first-order valence-corrected chi connectivity index (χ1v) is 7.44. The van der Waals surface area contributed by atoms with Crippen molar-refractivity contribution in [2.45, 2.75) is 38.3 Å². The van der Waals surface area contributed by atoms with E-state index in [1.807, 2.05) is 13.1 Å². The standard InChI is InChI=1S/C15H24N4/c1-12(16)13-5-6-15(17-10-13)19-9-8-18-7-3-2-4-14(18)11-19/h5-6,10,12,14H,2-4,7-9,11,16H2,1H3/t12-,14?/m1/s1. The van der Waals surface area contributed by atoms with Crippen LogP contribution in [-0.2, 0) is 0 Å². The first-order chi connectivity index (χ1) is 9.24. The molecular formula is C15H24N4. The summed E-state index contributed by atoms with van der Waals surface area (Å²) in [6, 6.07) is 5.03. The second-order valence-corrected chi connectivity index (χ2v) is 5.87. The molecule has 2 aliphatic heterocycles. The van der Waals surface area contributed by atoms with Crippen molar-refractivity contribution in [3.63, 3.8) is 0 Å². The maximum atomic E-state index is 5.87. The normalized spacial score (nSPS) is 26.0. The minimum absolute atomic E-state index is 0.0664. The van der Waals surface area contributed by atoms with Crippen molar-refractivity contribution in [1.29, 1.82) is 0 Å². The number of anilines is 1. The van der Waals surface area contributed by atoms with Crippen LogP contribution < -0.4 is 10.6 Å². The van der Waals surface area contributed by atoms with Gasteiger partial charge in [-0.1, -0.05) is 12.5 Å². The quantitative estimate of drug-likeness (QED) is 0.880. The zero-order valence-electron chi connectivity index (χ0n) is 11.8. The van der Waals surface area contributed by atoms with Crippen molar-refractivity contribution in [2.24, 2.45) is 5.73 Å². The van der Waals surface area contributed by atoms with Crippen LogP contribution in [0.15, 0.2) is 18.3 Å². The van der Waals surface area contributed by atoms with E-state index in [2.05, 4.69) is 26.9 Å². The number of piperazine rings is 1. The smallest absolute Gasteiger partial charge is 0.128 e. The number of nitrogens with two attached hydrogens (primary N) is 1. The van der Waals surface area contributed by atoms with Gasteiger partial charge in [-0.25, -0.2) is 4.98 Å². The predicted octanol–water partition coefficient (Wildman–Crippen LogP) is 1.78. The highest BCUT2D eigenvalue weighted by Crippen LogP contribution is 2.24. The SMILES string of the molecule is C[C@@H](N)c1ccc(N2CCN3CCCCC3C2)nc1. The molecule has 0 spiro atoms. The van der Waals surface area contributed by atoms with E-state index in [9.17, 15) is 0 Å². The lowest BCUT2D eigenvalue weighted by Crippen LogP contribution is -2.55. The third-order valence-corrected chi connectivity index (χ3v) is 4.46. The number of rotatable bonds is 2. The van der Waals surface area contributed by atoms with Crippen LogP contribution in [0.25, 0.3) is 0 Å². The summed E-state index contributed by atoms with van der Waals surface area (Å²) in [5.74, 6) is 1.11. The minimum atomic E-state index is 0.0664. The summed E-state index contributed by atoms with van der Waals surface area (Å²) in [5.41, 5.74) is 6.98. The summed E-state index contributed by atoms with van der Waals surface area (Å²) >= 11 is 0.